The summed E-state index contributed by atoms with van der Waals surface area (Å²) >= 11 is 0. The topological polar surface area (TPSA) is 12.0 Å². The fraction of sp³-hybridized carbons (Fsp3) is 1.00. The summed E-state index contributed by atoms with van der Waals surface area (Å²) in [4.78, 5) is 0. The van der Waals surface area contributed by atoms with E-state index in [1.165, 1.54) is 38.8 Å². The molecule has 0 aromatic rings. The molecule has 1 nitrogen and oxygen atoms in total. The molecular weight excluding hydrogens is 134 g/mol. The highest BCUT2D eigenvalue weighted by atomic mass is 14.9. The summed E-state index contributed by atoms with van der Waals surface area (Å²) in [6, 6.07) is 0. The van der Waals surface area contributed by atoms with E-state index in [0.29, 0.717) is 0 Å². The van der Waals surface area contributed by atoms with Gasteiger partial charge in [0, 0.05) is 0 Å². The van der Waals surface area contributed by atoms with Crippen LogP contribution >= 0.6 is 0 Å². The van der Waals surface area contributed by atoms with E-state index in [0.717, 1.165) is 11.8 Å². The molecule has 0 aromatic heterocycles. The van der Waals surface area contributed by atoms with Crippen LogP contribution in [0.4, 0.5) is 0 Å². The third-order valence-corrected chi connectivity index (χ3v) is 2.64. The largest absolute Gasteiger partial charge is 0.316 e. The van der Waals surface area contributed by atoms with Crippen molar-refractivity contribution in [3.05, 3.63) is 0 Å². The highest BCUT2D eigenvalue weighted by molar-refractivity contribution is 4.75. The van der Waals surface area contributed by atoms with Gasteiger partial charge < -0.3 is 5.32 Å². The van der Waals surface area contributed by atoms with Gasteiger partial charge in [-0.3, -0.25) is 0 Å². The quantitative estimate of drug-likeness (QED) is 0.581. The van der Waals surface area contributed by atoms with Gasteiger partial charge in [-0.05, 0) is 44.2 Å². The third-order valence-electron chi connectivity index (χ3n) is 2.64. The lowest BCUT2D eigenvalue weighted by Gasteiger charge is -2.08. The Morgan fingerprint density at radius 3 is 2.73 bits per heavy atom. The van der Waals surface area contributed by atoms with Gasteiger partial charge in [-0.15, -0.1) is 0 Å². The van der Waals surface area contributed by atoms with Crippen LogP contribution in [0.5, 0.6) is 0 Å². The number of rotatable bonds is 6. The first-order valence-corrected chi connectivity index (χ1v) is 5.03. The van der Waals surface area contributed by atoms with Gasteiger partial charge in [0.2, 0.25) is 0 Å². The van der Waals surface area contributed by atoms with Gasteiger partial charge in [0.15, 0.2) is 0 Å². The monoisotopic (exact) mass is 155 g/mol. The lowest BCUT2D eigenvalue weighted by atomic mass is 10.1. The summed E-state index contributed by atoms with van der Waals surface area (Å²) in [6.07, 6.45) is 5.61. The van der Waals surface area contributed by atoms with E-state index in [1.807, 2.05) is 0 Å². The van der Waals surface area contributed by atoms with Crippen LogP contribution in [0, 0.1) is 11.8 Å². The summed E-state index contributed by atoms with van der Waals surface area (Å²) in [5, 5.41) is 3.51. The van der Waals surface area contributed by atoms with E-state index in [2.05, 4.69) is 19.2 Å². The first-order valence-electron chi connectivity index (χ1n) is 5.03. The van der Waals surface area contributed by atoms with Crippen LogP contribution in [0.25, 0.3) is 0 Å². The minimum Gasteiger partial charge on any atom is -0.316 e. The van der Waals surface area contributed by atoms with Crippen molar-refractivity contribution in [3.63, 3.8) is 0 Å². The van der Waals surface area contributed by atoms with E-state index in [9.17, 15) is 0 Å². The molecule has 1 fully saturated rings. The van der Waals surface area contributed by atoms with Crippen molar-refractivity contribution < 1.29 is 0 Å². The van der Waals surface area contributed by atoms with Gasteiger partial charge in [0.05, 0.1) is 0 Å². The second-order valence-electron chi connectivity index (χ2n) is 3.95. The predicted molar refractivity (Wildman–Crippen MR) is 49.7 cm³/mol. The summed E-state index contributed by atoms with van der Waals surface area (Å²) in [5.41, 5.74) is 0. The van der Waals surface area contributed by atoms with E-state index in [-0.39, 0.29) is 0 Å². The molecule has 1 heteroatoms. The number of hydrogen-bond acceptors (Lipinski definition) is 1. The molecule has 1 aliphatic rings. The minimum atomic E-state index is 0.904. The Hall–Kier alpha value is -0.0400. The predicted octanol–water partition coefficient (Wildman–Crippen LogP) is 2.42. The van der Waals surface area contributed by atoms with E-state index in [1.54, 1.807) is 0 Å². The lowest BCUT2D eigenvalue weighted by Crippen LogP contribution is -2.19. The fourth-order valence-electron chi connectivity index (χ4n) is 1.18. The zero-order chi connectivity index (χ0) is 8.10. The van der Waals surface area contributed by atoms with Gasteiger partial charge in [-0.1, -0.05) is 20.3 Å². The molecule has 0 amide bonds. The minimum absolute atomic E-state index is 0.904. The average molecular weight is 155 g/mol. The summed E-state index contributed by atoms with van der Waals surface area (Å²) < 4.78 is 0. The molecule has 11 heavy (non-hydrogen) atoms. The second kappa shape index (κ2) is 4.76. The van der Waals surface area contributed by atoms with Crippen LogP contribution in [0.2, 0.25) is 0 Å². The molecule has 0 radical (unpaired) electrons. The standard InChI is InChI=1S/C10H21N/c1-3-9(2)6-7-11-8-10-4-5-10/h9-11H,3-8H2,1-2H3. The molecule has 1 atom stereocenters. The Balaban J connectivity index is 1.79. The SMILES string of the molecule is CCC(C)CCNCC1CC1. The molecule has 0 saturated heterocycles. The Labute approximate surface area is 70.6 Å². The van der Waals surface area contributed by atoms with Crippen LogP contribution in [0.1, 0.15) is 39.5 Å². The molecule has 0 spiro atoms. The zero-order valence-electron chi connectivity index (χ0n) is 7.90. The van der Waals surface area contributed by atoms with Crippen molar-refractivity contribution in [1.29, 1.82) is 0 Å². The second-order valence-corrected chi connectivity index (χ2v) is 3.95. The first-order chi connectivity index (χ1) is 5.33. The Morgan fingerprint density at radius 2 is 2.18 bits per heavy atom. The third kappa shape index (κ3) is 4.41. The van der Waals surface area contributed by atoms with Gasteiger partial charge in [0.1, 0.15) is 0 Å². The lowest BCUT2D eigenvalue weighted by molar-refractivity contribution is 0.483. The van der Waals surface area contributed by atoms with Crippen molar-refractivity contribution >= 4 is 0 Å². The zero-order valence-corrected chi connectivity index (χ0v) is 7.90. The maximum Gasteiger partial charge on any atom is -0.00205 e. The number of nitrogens with one attached hydrogen (secondary N) is 1. The van der Waals surface area contributed by atoms with E-state index in [4.69, 9.17) is 0 Å². The maximum atomic E-state index is 3.51. The van der Waals surface area contributed by atoms with Gasteiger partial charge in [-0.2, -0.15) is 0 Å². The molecular formula is C10H21N. The molecule has 66 valence electrons. The Morgan fingerprint density at radius 1 is 1.45 bits per heavy atom. The molecule has 1 rings (SSSR count). The molecule has 0 aliphatic heterocycles. The van der Waals surface area contributed by atoms with Crippen LogP contribution in [0.15, 0.2) is 0 Å². The van der Waals surface area contributed by atoms with Crippen molar-refractivity contribution in [2.75, 3.05) is 13.1 Å². The normalized spacial score (nSPS) is 20.2. The van der Waals surface area contributed by atoms with Crippen molar-refractivity contribution in [2.45, 2.75) is 39.5 Å². The molecule has 0 bridgehead atoms. The molecule has 1 unspecified atom stereocenters. The molecule has 0 aromatic carbocycles. The molecule has 1 N–H and O–H groups in total. The highest BCUT2D eigenvalue weighted by Gasteiger charge is 2.19. The summed E-state index contributed by atoms with van der Waals surface area (Å²) in [6.45, 7) is 7.10. The van der Waals surface area contributed by atoms with Crippen LogP contribution in [0.3, 0.4) is 0 Å². The Bertz CT molecular complexity index is 97.0. The average Bonchev–Trinajstić information content (AvgIpc) is 2.81. The fourth-order valence-corrected chi connectivity index (χ4v) is 1.18. The van der Waals surface area contributed by atoms with Crippen molar-refractivity contribution in [2.24, 2.45) is 11.8 Å². The summed E-state index contributed by atoms with van der Waals surface area (Å²) in [5.74, 6) is 1.94. The molecule has 0 heterocycles. The first kappa shape index (κ1) is 9.05. The van der Waals surface area contributed by atoms with Crippen LogP contribution < -0.4 is 5.32 Å². The van der Waals surface area contributed by atoms with E-state index < -0.39 is 0 Å². The van der Waals surface area contributed by atoms with Gasteiger partial charge >= 0.3 is 0 Å². The highest BCUT2D eigenvalue weighted by Crippen LogP contribution is 2.27. The maximum absolute atomic E-state index is 3.51. The smallest absolute Gasteiger partial charge is 0.00205 e. The Kier molecular flexibility index (Phi) is 3.92. The summed E-state index contributed by atoms with van der Waals surface area (Å²) in [7, 11) is 0. The van der Waals surface area contributed by atoms with Gasteiger partial charge in [0.25, 0.3) is 0 Å². The molecule has 1 aliphatic carbocycles. The van der Waals surface area contributed by atoms with Crippen molar-refractivity contribution in [3.8, 4) is 0 Å². The number of hydrogen-bond donors (Lipinski definition) is 1. The van der Waals surface area contributed by atoms with Crippen LogP contribution in [-0.2, 0) is 0 Å². The van der Waals surface area contributed by atoms with Crippen molar-refractivity contribution in [1.82, 2.24) is 5.32 Å². The van der Waals surface area contributed by atoms with E-state index >= 15 is 0 Å². The van der Waals surface area contributed by atoms with Gasteiger partial charge in [-0.25, -0.2) is 0 Å². The van der Waals surface area contributed by atoms with Crippen LogP contribution in [-0.4, -0.2) is 13.1 Å². The molecule has 1 saturated carbocycles.